The zero-order chi connectivity index (χ0) is 14.5. The number of rotatable bonds is 6. The van der Waals surface area contributed by atoms with E-state index in [1.807, 2.05) is 13.8 Å². The van der Waals surface area contributed by atoms with Gasteiger partial charge in [-0.15, -0.1) is 0 Å². The van der Waals surface area contributed by atoms with E-state index < -0.39 is 5.97 Å². The molecule has 6 nitrogen and oxygen atoms in total. The minimum atomic E-state index is -0.911. The molecule has 1 aromatic carbocycles. The van der Waals surface area contributed by atoms with Crippen molar-refractivity contribution in [2.45, 2.75) is 32.9 Å². The molecule has 0 spiro atoms. The number of carboxylic acid groups (broad SMARTS) is 1. The first-order valence-corrected chi connectivity index (χ1v) is 6.57. The molecule has 1 aromatic heterocycles. The number of hydrogen-bond acceptors (Lipinski definition) is 4. The van der Waals surface area contributed by atoms with Crippen molar-refractivity contribution in [3.05, 3.63) is 47.0 Å². The van der Waals surface area contributed by atoms with E-state index in [0.717, 1.165) is 23.6 Å². The highest BCUT2D eigenvalue weighted by molar-refractivity contribution is 5.87. The van der Waals surface area contributed by atoms with Gasteiger partial charge in [0.15, 0.2) is 5.82 Å². The molecule has 2 rings (SSSR count). The first-order valence-electron chi connectivity index (χ1n) is 6.57. The molecule has 0 radical (unpaired) electrons. The summed E-state index contributed by atoms with van der Waals surface area (Å²) < 4.78 is 0. The fourth-order valence-corrected chi connectivity index (χ4v) is 1.79. The van der Waals surface area contributed by atoms with E-state index in [1.54, 1.807) is 24.3 Å². The molecule has 0 aliphatic heterocycles. The fraction of sp³-hybridized carbons (Fsp3) is 0.357. The number of nitrogens with one attached hydrogen (secondary N) is 2. The summed E-state index contributed by atoms with van der Waals surface area (Å²) in [5.74, 6) is 0.703. The van der Waals surface area contributed by atoms with E-state index >= 15 is 0 Å². The number of aromatic amines is 1. The molecular weight excluding hydrogens is 256 g/mol. The predicted molar refractivity (Wildman–Crippen MR) is 74.4 cm³/mol. The van der Waals surface area contributed by atoms with E-state index in [1.165, 1.54) is 0 Å². The molecule has 2 aromatic rings. The van der Waals surface area contributed by atoms with Crippen molar-refractivity contribution in [1.82, 2.24) is 20.5 Å². The third-order valence-electron chi connectivity index (χ3n) is 3.08. The van der Waals surface area contributed by atoms with Crippen molar-refractivity contribution in [3.8, 4) is 0 Å². The third kappa shape index (κ3) is 3.42. The quantitative estimate of drug-likeness (QED) is 0.748. The van der Waals surface area contributed by atoms with Gasteiger partial charge < -0.3 is 10.4 Å². The molecule has 106 valence electrons. The monoisotopic (exact) mass is 274 g/mol. The van der Waals surface area contributed by atoms with Gasteiger partial charge in [-0.2, -0.15) is 5.10 Å². The number of aromatic carboxylic acids is 1. The Kier molecular flexibility index (Phi) is 4.47. The Morgan fingerprint density at radius 3 is 2.65 bits per heavy atom. The van der Waals surface area contributed by atoms with Crippen LogP contribution in [0.4, 0.5) is 0 Å². The molecule has 0 saturated heterocycles. The van der Waals surface area contributed by atoms with Crippen LogP contribution in [0.5, 0.6) is 0 Å². The first-order chi connectivity index (χ1) is 9.60. The SMILES string of the molecule is CCc1nc(C(C)NCc2ccc(C(=O)O)cc2)n[nH]1. The molecule has 1 heterocycles. The second-order valence-corrected chi connectivity index (χ2v) is 4.60. The molecule has 0 amide bonds. The number of aryl methyl sites for hydroxylation is 1. The first kappa shape index (κ1) is 14.2. The maximum atomic E-state index is 10.8. The Hall–Kier alpha value is -2.21. The molecule has 0 fully saturated rings. The van der Waals surface area contributed by atoms with Crippen LogP contribution in [0.3, 0.4) is 0 Å². The van der Waals surface area contributed by atoms with Crippen LogP contribution in [0, 0.1) is 0 Å². The molecular formula is C14H18N4O2. The van der Waals surface area contributed by atoms with Crippen molar-refractivity contribution in [1.29, 1.82) is 0 Å². The van der Waals surface area contributed by atoms with E-state index in [2.05, 4.69) is 20.5 Å². The van der Waals surface area contributed by atoms with E-state index in [-0.39, 0.29) is 6.04 Å². The Morgan fingerprint density at radius 2 is 2.10 bits per heavy atom. The van der Waals surface area contributed by atoms with Gasteiger partial charge in [0.2, 0.25) is 0 Å². The number of hydrogen-bond donors (Lipinski definition) is 3. The normalized spacial score (nSPS) is 12.3. The van der Waals surface area contributed by atoms with E-state index in [4.69, 9.17) is 5.11 Å². The van der Waals surface area contributed by atoms with Gasteiger partial charge in [-0.05, 0) is 24.6 Å². The summed E-state index contributed by atoms with van der Waals surface area (Å²) in [6.07, 6.45) is 0.830. The summed E-state index contributed by atoms with van der Waals surface area (Å²) >= 11 is 0. The highest BCUT2D eigenvalue weighted by Gasteiger charge is 2.10. The van der Waals surface area contributed by atoms with Crippen LogP contribution in [-0.4, -0.2) is 26.3 Å². The van der Waals surface area contributed by atoms with Crippen molar-refractivity contribution in [2.75, 3.05) is 0 Å². The van der Waals surface area contributed by atoms with Gasteiger partial charge in [0.25, 0.3) is 0 Å². The van der Waals surface area contributed by atoms with E-state index in [9.17, 15) is 4.79 Å². The lowest BCUT2D eigenvalue weighted by Crippen LogP contribution is -2.19. The smallest absolute Gasteiger partial charge is 0.335 e. The summed E-state index contributed by atoms with van der Waals surface area (Å²) in [6.45, 7) is 4.65. The van der Waals surface area contributed by atoms with Crippen molar-refractivity contribution < 1.29 is 9.90 Å². The minimum absolute atomic E-state index is 0.0331. The highest BCUT2D eigenvalue weighted by Crippen LogP contribution is 2.09. The molecule has 1 atom stereocenters. The van der Waals surface area contributed by atoms with Crippen LogP contribution >= 0.6 is 0 Å². The number of aromatic nitrogens is 3. The van der Waals surface area contributed by atoms with Crippen LogP contribution in [0.2, 0.25) is 0 Å². The fourth-order valence-electron chi connectivity index (χ4n) is 1.79. The van der Waals surface area contributed by atoms with Crippen LogP contribution in [-0.2, 0) is 13.0 Å². The Morgan fingerprint density at radius 1 is 1.40 bits per heavy atom. The number of carboxylic acids is 1. The second-order valence-electron chi connectivity index (χ2n) is 4.60. The lowest BCUT2D eigenvalue weighted by molar-refractivity contribution is 0.0697. The molecule has 1 unspecified atom stereocenters. The van der Waals surface area contributed by atoms with Crippen LogP contribution in [0.25, 0.3) is 0 Å². The van der Waals surface area contributed by atoms with Gasteiger partial charge in [-0.3, -0.25) is 5.10 Å². The maximum Gasteiger partial charge on any atom is 0.335 e. The number of benzene rings is 1. The number of H-pyrrole nitrogens is 1. The van der Waals surface area contributed by atoms with Gasteiger partial charge >= 0.3 is 5.97 Å². The average Bonchev–Trinajstić information content (AvgIpc) is 2.94. The van der Waals surface area contributed by atoms with Gasteiger partial charge in [-0.1, -0.05) is 19.1 Å². The van der Waals surface area contributed by atoms with Crippen molar-refractivity contribution in [3.63, 3.8) is 0 Å². The molecule has 20 heavy (non-hydrogen) atoms. The average molecular weight is 274 g/mol. The largest absolute Gasteiger partial charge is 0.478 e. The summed E-state index contributed by atoms with van der Waals surface area (Å²) in [6, 6.07) is 6.85. The van der Waals surface area contributed by atoms with Gasteiger partial charge in [0, 0.05) is 13.0 Å². The summed E-state index contributed by atoms with van der Waals surface area (Å²) in [5.41, 5.74) is 1.32. The third-order valence-corrected chi connectivity index (χ3v) is 3.08. The van der Waals surface area contributed by atoms with Crippen molar-refractivity contribution in [2.24, 2.45) is 0 Å². The van der Waals surface area contributed by atoms with Crippen LogP contribution in [0.15, 0.2) is 24.3 Å². The molecule has 0 aliphatic carbocycles. The summed E-state index contributed by atoms with van der Waals surface area (Å²) in [5, 5.41) is 19.2. The summed E-state index contributed by atoms with van der Waals surface area (Å²) in [4.78, 5) is 15.1. The molecule has 0 aliphatic rings. The zero-order valence-electron chi connectivity index (χ0n) is 11.6. The van der Waals surface area contributed by atoms with Gasteiger partial charge in [-0.25, -0.2) is 9.78 Å². The molecule has 0 bridgehead atoms. The molecule has 6 heteroatoms. The highest BCUT2D eigenvalue weighted by atomic mass is 16.4. The van der Waals surface area contributed by atoms with Gasteiger partial charge in [0.1, 0.15) is 5.82 Å². The molecule has 0 saturated carbocycles. The number of carbonyl (C=O) groups is 1. The van der Waals surface area contributed by atoms with E-state index in [0.29, 0.717) is 12.1 Å². The van der Waals surface area contributed by atoms with Crippen LogP contribution in [0.1, 0.15) is 47.5 Å². The Bertz CT molecular complexity index is 577. The zero-order valence-corrected chi connectivity index (χ0v) is 11.6. The minimum Gasteiger partial charge on any atom is -0.478 e. The number of nitrogens with zero attached hydrogens (tertiary/aromatic N) is 2. The van der Waals surface area contributed by atoms with Crippen LogP contribution < -0.4 is 5.32 Å². The predicted octanol–water partition coefficient (Wildman–Crippen LogP) is 1.92. The Balaban J connectivity index is 1.92. The lowest BCUT2D eigenvalue weighted by atomic mass is 10.1. The second kappa shape index (κ2) is 6.29. The van der Waals surface area contributed by atoms with Crippen molar-refractivity contribution >= 4 is 5.97 Å². The topological polar surface area (TPSA) is 90.9 Å². The lowest BCUT2D eigenvalue weighted by Gasteiger charge is -2.10. The summed E-state index contributed by atoms with van der Waals surface area (Å²) in [7, 11) is 0. The molecule has 3 N–H and O–H groups in total. The van der Waals surface area contributed by atoms with Gasteiger partial charge in [0.05, 0.1) is 11.6 Å². The maximum absolute atomic E-state index is 10.8. The standard InChI is InChI=1S/C14H18N4O2/c1-3-12-16-13(18-17-12)9(2)15-8-10-4-6-11(7-5-10)14(19)20/h4-7,9,15H,3,8H2,1-2H3,(H,19,20)(H,16,17,18). The Labute approximate surface area is 117 Å².